The van der Waals surface area contributed by atoms with Crippen LogP contribution in [0.4, 0.5) is 0 Å². The number of rotatable bonds is 3. The summed E-state index contributed by atoms with van der Waals surface area (Å²) in [6.07, 6.45) is 3.06. The Labute approximate surface area is 154 Å². The number of carbonyl (C=O) groups excluding carboxylic acids is 1. The third-order valence-corrected chi connectivity index (χ3v) is 4.84. The molecule has 1 aromatic heterocycles. The molecular formula is C19H14Cl2N2O2. The molecular weight excluding hydrogens is 359 g/mol. The van der Waals surface area contributed by atoms with Crippen LogP contribution in [0.2, 0.25) is 10.0 Å². The molecule has 1 aliphatic heterocycles. The zero-order chi connectivity index (χ0) is 17.6. The number of hydrogen-bond donors (Lipinski definition) is 1. The van der Waals surface area contributed by atoms with Crippen LogP contribution in [-0.4, -0.2) is 16.5 Å². The summed E-state index contributed by atoms with van der Waals surface area (Å²) < 4.78 is 7.84. The number of Topliss-reactive ketones (excluding diaryl/α,β-unsaturated/α-hetero) is 1. The Balaban J connectivity index is 1.65. The van der Waals surface area contributed by atoms with E-state index in [9.17, 15) is 4.79 Å². The van der Waals surface area contributed by atoms with Crippen LogP contribution in [0.1, 0.15) is 22.0 Å². The zero-order valence-electron chi connectivity index (χ0n) is 13.0. The molecule has 2 unspecified atom stereocenters. The van der Waals surface area contributed by atoms with Crippen molar-refractivity contribution in [3.63, 3.8) is 0 Å². The van der Waals surface area contributed by atoms with Crippen LogP contribution < -0.4 is 10.5 Å². The van der Waals surface area contributed by atoms with E-state index in [0.717, 1.165) is 11.3 Å². The molecule has 25 heavy (non-hydrogen) atoms. The predicted molar refractivity (Wildman–Crippen MR) is 97.9 cm³/mol. The van der Waals surface area contributed by atoms with Gasteiger partial charge in [-0.05, 0) is 36.4 Å². The highest BCUT2D eigenvalue weighted by Gasteiger charge is 2.38. The lowest BCUT2D eigenvalue weighted by atomic mass is 9.97. The Bertz CT molecular complexity index is 954. The van der Waals surface area contributed by atoms with Crippen LogP contribution in [0, 0.1) is 0 Å². The smallest absolute Gasteiger partial charge is 0.206 e. The topological polar surface area (TPSA) is 57.2 Å². The van der Waals surface area contributed by atoms with Gasteiger partial charge < -0.3 is 15.0 Å². The molecule has 0 radical (unpaired) electrons. The Morgan fingerprint density at radius 2 is 1.84 bits per heavy atom. The zero-order valence-corrected chi connectivity index (χ0v) is 14.5. The van der Waals surface area contributed by atoms with Crippen molar-refractivity contribution in [2.24, 2.45) is 5.73 Å². The van der Waals surface area contributed by atoms with E-state index in [1.54, 1.807) is 12.1 Å². The summed E-state index contributed by atoms with van der Waals surface area (Å²) in [5, 5.41) is 0.759. The third-order valence-electron chi connectivity index (χ3n) is 4.29. The molecule has 6 heteroatoms. The van der Waals surface area contributed by atoms with E-state index < -0.39 is 12.1 Å². The molecule has 0 saturated carbocycles. The van der Waals surface area contributed by atoms with Gasteiger partial charge in [-0.25, -0.2) is 0 Å². The second kappa shape index (κ2) is 6.23. The van der Waals surface area contributed by atoms with E-state index in [4.69, 9.17) is 33.7 Å². The Kier molecular flexibility index (Phi) is 4.04. The summed E-state index contributed by atoms with van der Waals surface area (Å²) >= 11 is 12.0. The van der Waals surface area contributed by atoms with Crippen LogP contribution in [0.25, 0.3) is 5.69 Å². The highest BCUT2D eigenvalue weighted by molar-refractivity contribution is 6.37. The molecule has 3 aromatic rings. The molecule has 0 saturated heterocycles. The summed E-state index contributed by atoms with van der Waals surface area (Å²) in [6.45, 7) is 0. The van der Waals surface area contributed by atoms with E-state index in [1.807, 2.05) is 47.3 Å². The molecule has 0 aliphatic carbocycles. The average Bonchev–Trinajstić information content (AvgIpc) is 3.22. The number of ketones is 1. The number of benzene rings is 2. The number of halogens is 2. The van der Waals surface area contributed by atoms with E-state index in [1.165, 1.54) is 6.07 Å². The third kappa shape index (κ3) is 2.82. The van der Waals surface area contributed by atoms with Crippen molar-refractivity contribution >= 4 is 29.0 Å². The van der Waals surface area contributed by atoms with Crippen LogP contribution in [0.15, 0.2) is 60.9 Å². The van der Waals surface area contributed by atoms with E-state index in [0.29, 0.717) is 16.3 Å². The first-order valence-corrected chi connectivity index (χ1v) is 8.49. The van der Waals surface area contributed by atoms with Crippen molar-refractivity contribution < 1.29 is 9.53 Å². The van der Waals surface area contributed by atoms with Crippen molar-refractivity contribution in [3.05, 3.63) is 82.1 Å². The van der Waals surface area contributed by atoms with E-state index in [2.05, 4.69) is 0 Å². The molecule has 2 atom stereocenters. The van der Waals surface area contributed by atoms with Gasteiger partial charge in [0, 0.05) is 40.3 Å². The second-order valence-corrected chi connectivity index (χ2v) is 6.71. The minimum Gasteiger partial charge on any atom is -0.480 e. The first-order valence-electron chi connectivity index (χ1n) is 7.73. The predicted octanol–water partition coefficient (Wildman–Crippen LogP) is 4.43. The van der Waals surface area contributed by atoms with Gasteiger partial charge in [-0.1, -0.05) is 29.3 Å². The molecule has 2 aromatic carbocycles. The maximum Gasteiger partial charge on any atom is 0.206 e. The normalized spacial score (nSPS) is 18.7. The van der Waals surface area contributed by atoms with Gasteiger partial charge in [0.05, 0.1) is 11.1 Å². The number of hydrogen-bond acceptors (Lipinski definition) is 3. The standard InChI is InChI=1S/C19H14Cl2N2O2/c20-11-3-5-13(15(21)9-11)18(24)19-17(22)14-6-4-12(10-16(14)25-19)23-7-1-2-8-23/h1-10,17,19H,22H2. The summed E-state index contributed by atoms with van der Waals surface area (Å²) in [5.74, 6) is 0.356. The van der Waals surface area contributed by atoms with E-state index >= 15 is 0 Å². The molecule has 1 aliphatic rings. The molecule has 4 nitrogen and oxygen atoms in total. The lowest BCUT2D eigenvalue weighted by Gasteiger charge is -2.15. The van der Waals surface area contributed by atoms with Crippen molar-refractivity contribution in [2.75, 3.05) is 0 Å². The van der Waals surface area contributed by atoms with Gasteiger partial charge in [0.2, 0.25) is 5.78 Å². The van der Waals surface area contributed by atoms with Crippen LogP contribution in [0.3, 0.4) is 0 Å². The van der Waals surface area contributed by atoms with Crippen LogP contribution in [0.5, 0.6) is 5.75 Å². The lowest BCUT2D eigenvalue weighted by Crippen LogP contribution is -2.33. The lowest BCUT2D eigenvalue weighted by molar-refractivity contribution is 0.0794. The monoisotopic (exact) mass is 372 g/mol. The van der Waals surface area contributed by atoms with Gasteiger partial charge >= 0.3 is 0 Å². The fourth-order valence-electron chi connectivity index (χ4n) is 3.00. The SMILES string of the molecule is NC1c2ccc(-n3cccc3)cc2OC1C(=O)c1ccc(Cl)cc1Cl. The minimum absolute atomic E-state index is 0.257. The molecule has 2 heterocycles. The quantitative estimate of drug-likeness (QED) is 0.691. The molecule has 126 valence electrons. The number of fused-ring (bicyclic) bond motifs is 1. The van der Waals surface area contributed by atoms with Gasteiger partial charge in [-0.3, -0.25) is 4.79 Å². The first-order chi connectivity index (χ1) is 12.0. The maximum absolute atomic E-state index is 12.8. The molecule has 2 N–H and O–H groups in total. The fraction of sp³-hybridized carbons (Fsp3) is 0.105. The summed E-state index contributed by atoms with van der Waals surface area (Å²) in [7, 11) is 0. The van der Waals surface area contributed by atoms with E-state index in [-0.39, 0.29) is 10.8 Å². The molecule has 0 fully saturated rings. The number of ether oxygens (including phenoxy) is 1. The van der Waals surface area contributed by atoms with Crippen molar-refractivity contribution in [2.45, 2.75) is 12.1 Å². The van der Waals surface area contributed by atoms with Crippen LogP contribution in [-0.2, 0) is 0 Å². The summed E-state index contributed by atoms with van der Waals surface area (Å²) in [5.41, 5.74) is 8.35. The highest BCUT2D eigenvalue weighted by atomic mass is 35.5. The van der Waals surface area contributed by atoms with Gasteiger partial charge in [0.1, 0.15) is 5.75 Å². The maximum atomic E-state index is 12.8. The molecule has 0 amide bonds. The number of nitrogens with zero attached hydrogens (tertiary/aromatic N) is 1. The molecule has 4 rings (SSSR count). The highest BCUT2D eigenvalue weighted by Crippen LogP contribution is 2.38. The Morgan fingerprint density at radius 3 is 2.56 bits per heavy atom. The average molecular weight is 373 g/mol. The first kappa shape index (κ1) is 16.2. The Hall–Kier alpha value is -2.27. The number of carbonyl (C=O) groups is 1. The molecule has 0 spiro atoms. The largest absolute Gasteiger partial charge is 0.480 e. The van der Waals surface area contributed by atoms with Gasteiger partial charge in [-0.15, -0.1) is 0 Å². The van der Waals surface area contributed by atoms with Crippen molar-refractivity contribution in [3.8, 4) is 11.4 Å². The number of aromatic nitrogens is 1. The van der Waals surface area contributed by atoms with Crippen LogP contribution >= 0.6 is 23.2 Å². The van der Waals surface area contributed by atoms with Gasteiger partial charge in [0.15, 0.2) is 6.10 Å². The molecule has 0 bridgehead atoms. The van der Waals surface area contributed by atoms with Crippen molar-refractivity contribution in [1.82, 2.24) is 4.57 Å². The fourth-order valence-corrected chi connectivity index (χ4v) is 3.50. The van der Waals surface area contributed by atoms with Crippen molar-refractivity contribution in [1.29, 1.82) is 0 Å². The second-order valence-electron chi connectivity index (χ2n) is 5.87. The summed E-state index contributed by atoms with van der Waals surface area (Å²) in [6, 6.07) is 13.8. The summed E-state index contributed by atoms with van der Waals surface area (Å²) in [4.78, 5) is 12.8. The van der Waals surface area contributed by atoms with Gasteiger partial charge in [-0.2, -0.15) is 0 Å². The van der Waals surface area contributed by atoms with Gasteiger partial charge in [0.25, 0.3) is 0 Å². The number of nitrogens with two attached hydrogens (primary N) is 1. The minimum atomic E-state index is -0.811. The Morgan fingerprint density at radius 1 is 1.08 bits per heavy atom.